The zero-order chi connectivity index (χ0) is 32.8. The third-order valence-corrected chi connectivity index (χ3v) is 11.1. The smallest absolute Gasteiger partial charge is 0.238 e. The summed E-state index contributed by atoms with van der Waals surface area (Å²) in [5.41, 5.74) is 4.07. The minimum absolute atomic E-state index is 0.597. The van der Waals surface area contributed by atoms with E-state index in [0.717, 1.165) is 27.5 Å². The van der Waals surface area contributed by atoms with Crippen molar-refractivity contribution in [2.45, 2.75) is 0 Å². The molecule has 3 heterocycles. The molecule has 0 N–H and O–H groups in total. The second kappa shape index (κ2) is 10.5. The number of rotatable bonds is 3. The maximum atomic E-state index is 5.35. The van der Waals surface area contributed by atoms with E-state index >= 15 is 0 Å². The van der Waals surface area contributed by atoms with Gasteiger partial charge in [-0.15, -0.1) is 11.3 Å². The quantitative estimate of drug-likeness (QED) is 0.178. The van der Waals surface area contributed by atoms with E-state index in [1.807, 2.05) is 29.5 Å². The van der Waals surface area contributed by atoms with Gasteiger partial charge in [0.25, 0.3) is 0 Å². The topological polar surface area (TPSA) is 43.6 Å². The Bertz CT molecular complexity index is 3160. The molecule has 0 radical (unpaired) electrons. The standard InChI is InChI=1S/C45H26N4S/c1-2-12-27(13-3-1)43-46-44(30-22-23-40-36(25-30)33-18-10-11-21-39(33)50-40)48-45(47-43)49-38-26-29-15-5-4-14-28(29)24-37(38)41-34-19-8-6-16-31(34)32-17-7-9-20-35(32)42(41)49/h1-26H. The van der Waals surface area contributed by atoms with Crippen LogP contribution in [0.2, 0.25) is 0 Å². The Hall–Kier alpha value is -6.43. The van der Waals surface area contributed by atoms with Gasteiger partial charge in [-0.3, -0.25) is 4.57 Å². The van der Waals surface area contributed by atoms with Crippen molar-refractivity contribution in [3.05, 3.63) is 158 Å². The number of thiophene rings is 1. The van der Waals surface area contributed by atoms with Crippen molar-refractivity contribution in [1.82, 2.24) is 19.5 Å². The number of aromatic nitrogens is 4. The van der Waals surface area contributed by atoms with E-state index < -0.39 is 0 Å². The van der Waals surface area contributed by atoms with Crippen LogP contribution in [0.25, 0.3) is 103 Å². The summed E-state index contributed by atoms with van der Waals surface area (Å²) in [4.78, 5) is 15.8. The number of benzene rings is 8. The molecule has 0 saturated heterocycles. The van der Waals surface area contributed by atoms with Gasteiger partial charge < -0.3 is 0 Å². The summed E-state index contributed by atoms with van der Waals surface area (Å²) in [6.07, 6.45) is 0. The molecule has 0 spiro atoms. The van der Waals surface area contributed by atoms with Gasteiger partial charge in [0.2, 0.25) is 5.95 Å². The van der Waals surface area contributed by atoms with Crippen LogP contribution in [-0.2, 0) is 0 Å². The van der Waals surface area contributed by atoms with E-state index in [1.54, 1.807) is 0 Å². The molecule has 0 bridgehead atoms. The molecule has 3 aromatic heterocycles. The molecule has 0 aliphatic rings. The fourth-order valence-electron chi connectivity index (χ4n) is 7.74. The van der Waals surface area contributed by atoms with Gasteiger partial charge >= 0.3 is 0 Å². The van der Waals surface area contributed by atoms with E-state index in [4.69, 9.17) is 15.0 Å². The van der Waals surface area contributed by atoms with Crippen LogP contribution in [-0.4, -0.2) is 19.5 Å². The number of fused-ring (bicyclic) bond motifs is 12. The third-order valence-electron chi connectivity index (χ3n) is 9.99. The van der Waals surface area contributed by atoms with Gasteiger partial charge in [-0.05, 0) is 63.3 Å². The van der Waals surface area contributed by atoms with E-state index in [1.165, 1.54) is 57.9 Å². The van der Waals surface area contributed by atoms with Crippen molar-refractivity contribution in [2.75, 3.05) is 0 Å². The second-order valence-electron chi connectivity index (χ2n) is 12.8. The molecule has 8 aromatic carbocycles. The third kappa shape index (κ3) is 4.01. The Balaban J connectivity index is 1.30. The van der Waals surface area contributed by atoms with Gasteiger partial charge in [0.15, 0.2) is 11.6 Å². The highest BCUT2D eigenvalue weighted by molar-refractivity contribution is 7.25. The summed E-state index contributed by atoms with van der Waals surface area (Å²) in [6, 6.07) is 56.1. The molecule has 0 aliphatic carbocycles. The molecule has 5 heteroatoms. The summed E-state index contributed by atoms with van der Waals surface area (Å²) in [5.74, 6) is 1.88. The van der Waals surface area contributed by atoms with Gasteiger partial charge in [-0.2, -0.15) is 9.97 Å². The largest absolute Gasteiger partial charge is 0.277 e. The van der Waals surface area contributed by atoms with Gasteiger partial charge in [-0.1, -0.05) is 121 Å². The van der Waals surface area contributed by atoms with Gasteiger partial charge in [-0.25, -0.2) is 4.98 Å². The van der Waals surface area contributed by atoms with Crippen LogP contribution in [0.1, 0.15) is 0 Å². The second-order valence-corrected chi connectivity index (χ2v) is 13.9. The number of hydrogen-bond acceptors (Lipinski definition) is 4. The average Bonchev–Trinajstić information content (AvgIpc) is 3.73. The molecule has 232 valence electrons. The van der Waals surface area contributed by atoms with Crippen LogP contribution in [0.3, 0.4) is 0 Å². The lowest BCUT2D eigenvalue weighted by atomic mass is 9.96. The Morgan fingerprint density at radius 2 is 1.00 bits per heavy atom. The van der Waals surface area contributed by atoms with Crippen LogP contribution in [0.15, 0.2) is 158 Å². The fraction of sp³-hybridized carbons (Fsp3) is 0. The first-order chi connectivity index (χ1) is 24.8. The zero-order valence-corrected chi connectivity index (χ0v) is 27.5. The Kier molecular flexibility index (Phi) is 5.80. The van der Waals surface area contributed by atoms with Crippen molar-refractivity contribution >= 4 is 85.6 Å². The normalized spacial score (nSPS) is 12.0. The summed E-state index contributed by atoms with van der Waals surface area (Å²) in [5, 5.41) is 12.0. The summed E-state index contributed by atoms with van der Waals surface area (Å²) >= 11 is 1.82. The predicted octanol–water partition coefficient (Wildman–Crippen LogP) is 12.1. The zero-order valence-electron chi connectivity index (χ0n) is 26.7. The molecule has 50 heavy (non-hydrogen) atoms. The van der Waals surface area contributed by atoms with Crippen LogP contribution in [0, 0.1) is 0 Å². The molecule has 11 aromatic rings. The Labute approximate surface area is 290 Å². The van der Waals surface area contributed by atoms with Crippen LogP contribution in [0.5, 0.6) is 0 Å². The molecule has 0 unspecified atom stereocenters. The Morgan fingerprint density at radius 3 is 1.80 bits per heavy atom. The molecular weight excluding hydrogens is 629 g/mol. The lowest BCUT2D eigenvalue weighted by Crippen LogP contribution is -2.06. The molecule has 0 saturated carbocycles. The summed E-state index contributed by atoms with van der Waals surface area (Å²) < 4.78 is 4.81. The van der Waals surface area contributed by atoms with Crippen LogP contribution < -0.4 is 0 Å². The first-order valence-electron chi connectivity index (χ1n) is 16.8. The van der Waals surface area contributed by atoms with E-state index in [2.05, 4.69) is 144 Å². The molecule has 0 aliphatic heterocycles. The van der Waals surface area contributed by atoms with Crippen molar-refractivity contribution < 1.29 is 0 Å². The average molecular weight is 655 g/mol. The molecule has 4 nitrogen and oxygen atoms in total. The molecule has 11 rings (SSSR count). The van der Waals surface area contributed by atoms with Gasteiger partial charge in [0, 0.05) is 47.5 Å². The van der Waals surface area contributed by atoms with E-state index in [-0.39, 0.29) is 0 Å². The minimum Gasteiger partial charge on any atom is -0.277 e. The highest BCUT2D eigenvalue weighted by atomic mass is 32.1. The van der Waals surface area contributed by atoms with E-state index in [9.17, 15) is 0 Å². The van der Waals surface area contributed by atoms with Crippen LogP contribution >= 0.6 is 11.3 Å². The SMILES string of the molecule is c1ccc(-c2nc(-c3ccc4sc5ccccc5c4c3)nc(-n3c4cc5ccccc5cc4c4c5ccccc5c5ccccc5c43)n2)cc1. The van der Waals surface area contributed by atoms with Crippen molar-refractivity contribution in [1.29, 1.82) is 0 Å². The fourth-order valence-corrected chi connectivity index (χ4v) is 8.83. The lowest BCUT2D eigenvalue weighted by molar-refractivity contribution is 0.956. The van der Waals surface area contributed by atoms with Gasteiger partial charge in [0.05, 0.1) is 11.0 Å². The van der Waals surface area contributed by atoms with E-state index in [0.29, 0.717) is 17.6 Å². The first kappa shape index (κ1) is 27.5. The molecule has 0 amide bonds. The number of nitrogens with zero attached hydrogens (tertiary/aromatic N) is 4. The van der Waals surface area contributed by atoms with Crippen molar-refractivity contribution in [3.63, 3.8) is 0 Å². The highest BCUT2D eigenvalue weighted by Gasteiger charge is 2.22. The molecule has 0 fully saturated rings. The lowest BCUT2D eigenvalue weighted by Gasteiger charge is -2.13. The monoisotopic (exact) mass is 654 g/mol. The first-order valence-corrected chi connectivity index (χ1v) is 17.6. The van der Waals surface area contributed by atoms with Crippen molar-refractivity contribution in [2.24, 2.45) is 0 Å². The predicted molar refractivity (Wildman–Crippen MR) is 210 cm³/mol. The highest BCUT2D eigenvalue weighted by Crippen LogP contribution is 2.43. The molecule has 0 atom stereocenters. The maximum absolute atomic E-state index is 5.35. The molecular formula is C45H26N4S. The number of hydrogen-bond donors (Lipinski definition) is 0. The maximum Gasteiger partial charge on any atom is 0.238 e. The Morgan fingerprint density at radius 1 is 0.400 bits per heavy atom. The van der Waals surface area contributed by atoms with Crippen LogP contribution in [0.4, 0.5) is 0 Å². The van der Waals surface area contributed by atoms with Gasteiger partial charge in [0.1, 0.15) is 0 Å². The van der Waals surface area contributed by atoms with Crippen molar-refractivity contribution in [3.8, 4) is 28.7 Å². The summed E-state index contributed by atoms with van der Waals surface area (Å²) in [6.45, 7) is 0. The summed E-state index contributed by atoms with van der Waals surface area (Å²) in [7, 11) is 0. The minimum atomic E-state index is 0.597.